The summed E-state index contributed by atoms with van der Waals surface area (Å²) in [6, 6.07) is 2.00. The lowest BCUT2D eigenvalue weighted by Gasteiger charge is -2.06. The fourth-order valence-electron chi connectivity index (χ4n) is 1.82. The number of anilines is 1. The largest absolute Gasteiger partial charge is 0.369 e. The van der Waals surface area contributed by atoms with Crippen molar-refractivity contribution >= 4 is 27.4 Å². The maximum atomic E-state index is 10.9. The second-order valence-corrected chi connectivity index (χ2v) is 4.95. The first-order valence-corrected chi connectivity index (χ1v) is 6.69. The predicted octanol–water partition coefficient (Wildman–Crippen LogP) is 1.07. The standard InChI is InChI=1S/C11H12N6OS/c1-6-13-9(7-3-5-19-10(7)14-6)12-4-2-8-15-11(18)17-16-8/h3,5H,2,4H2,1H3,(H,12,13,14)(H2,15,16,17,18). The van der Waals surface area contributed by atoms with E-state index in [1.165, 1.54) is 0 Å². The summed E-state index contributed by atoms with van der Waals surface area (Å²) in [7, 11) is 0. The Bertz CT molecular complexity index is 758. The van der Waals surface area contributed by atoms with Crippen LogP contribution in [0.3, 0.4) is 0 Å². The lowest BCUT2D eigenvalue weighted by Crippen LogP contribution is -2.09. The van der Waals surface area contributed by atoms with Crippen molar-refractivity contribution < 1.29 is 0 Å². The smallest absolute Gasteiger partial charge is 0.340 e. The normalized spacial score (nSPS) is 11.0. The molecule has 3 aromatic rings. The van der Waals surface area contributed by atoms with Crippen LogP contribution in [0.4, 0.5) is 5.82 Å². The van der Waals surface area contributed by atoms with Crippen LogP contribution in [-0.4, -0.2) is 31.7 Å². The maximum absolute atomic E-state index is 10.9. The van der Waals surface area contributed by atoms with Gasteiger partial charge in [0.15, 0.2) is 0 Å². The van der Waals surface area contributed by atoms with E-state index in [0.717, 1.165) is 21.9 Å². The van der Waals surface area contributed by atoms with Gasteiger partial charge in [0, 0.05) is 13.0 Å². The number of rotatable bonds is 4. The summed E-state index contributed by atoms with van der Waals surface area (Å²) in [6.45, 7) is 2.51. The second-order valence-electron chi connectivity index (χ2n) is 4.06. The molecule has 98 valence electrons. The molecule has 0 aromatic carbocycles. The highest BCUT2D eigenvalue weighted by Gasteiger charge is 2.06. The Hall–Kier alpha value is -2.22. The Labute approximate surface area is 112 Å². The van der Waals surface area contributed by atoms with Gasteiger partial charge < -0.3 is 5.32 Å². The number of aromatic amines is 2. The molecule has 0 atom stereocenters. The van der Waals surface area contributed by atoms with E-state index in [9.17, 15) is 4.79 Å². The number of hydrogen-bond donors (Lipinski definition) is 3. The summed E-state index contributed by atoms with van der Waals surface area (Å²) in [6.07, 6.45) is 0.618. The third kappa shape index (κ3) is 2.48. The molecule has 0 aliphatic heterocycles. The number of nitrogens with one attached hydrogen (secondary N) is 3. The highest BCUT2D eigenvalue weighted by molar-refractivity contribution is 7.16. The molecule has 8 heteroatoms. The molecule has 3 heterocycles. The van der Waals surface area contributed by atoms with E-state index >= 15 is 0 Å². The Morgan fingerprint density at radius 3 is 3.11 bits per heavy atom. The van der Waals surface area contributed by atoms with Crippen molar-refractivity contribution in [3.05, 3.63) is 33.6 Å². The number of hydrogen-bond acceptors (Lipinski definition) is 6. The zero-order valence-electron chi connectivity index (χ0n) is 10.2. The van der Waals surface area contributed by atoms with Crippen LogP contribution >= 0.6 is 11.3 Å². The van der Waals surface area contributed by atoms with E-state index in [-0.39, 0.29) is 5.69 Å². The summed E-state index contributed by atoms with van der Waals surface area (Å²) in [5, 5.41) is 12.5. The van der Waals surface area contributed by atoms with Crippen molar-refractivity contribution in [2.45, 2.75) is 13.3 Å². The van der Waals surface area contributed by atoms with Crippen molar-refractivity contribution in [3.8, 4) is 0 Å². The summed E-state index contributed by atoms with van der Waals surface area (Å²) in [5.41, 5.74) is -0.284. The summed E-state index contributed by atoms with van der Waals surface area (Å²) >= 11 is 1.59. The monoisotopic (exact) mass is 276 g/mol. The lowest BCUT2D eigenvalue weighted by atomic mass is 10.3. The number of fused-ring (bicyclic) bond motifs is 1. The molecule has 7 nitrogen and oxygen atoms in total. The molecule has 0 fully saturated rings. The number of thiophene rings is 1. The number of H-pyrrole nitrogens is 2. The van der Waals surface area contributed by atoms with Crippen LogP contribution in [0.2, 0.25) is 0 Å². The molecule has 19 heavy (non-hydrogen) atoms. The molecule has 0 unspecified atom stereocenters. The molecule has 0 bridgehead atoms. The van der Waals surface area contributed by atoms with Crippen LogP contribution in [0, 0.1) is 6.92 Å². The third-order valence-corrected chi connectivity index (χ3v) is 3.45. The van der Waals surface area contributed by atoms with Crippen molar-refractivity contribution in [1.82, 2.24) is 25.1 Å². The first-order chi connectivity index (χ1) is 9.22. The van der Waals surface area contributed by atoms with Gasteiger partial charge in [-0.15, -0.1) is 11.3 Å². The van der Waals surface area contributed by atoms with Crippen LogP contribution in [0.25, 0.3) is 10.2 Å². The third-order valence-electron chi connectivity index (χ3n) is 2.64. The van der Waals surface area contributed by atoms with Crippen molar-refractivity contribution in [2.24, 2.45) is 0 Å². The van der Waals surface area contributed by atoms with E-state index in [1.807, 2.05) is 18.4 Å². The molecule has 0 aliphatic carbocycles. The number of aromatic nitrogens is 5. The molecule has 0 saturated carbocycles. The summed E-state index contributed by atoms with van der Waals surface area (Å²) in [5.74, 6) is 2.19. The average molecular weight is 276 g/mol. The summed E-state index contributed by atoms with van der Waals surface area (Å²) < 4.78 is 0. The van der Waals surface area contributed by atoms with Crippen LogP contribution in [0.1, 0.15) is 11.6 Å². The van der Waals surface area contributed by atoms with Gasteiger partial charge in [0.05, 0.1) is 5.39 Å². The maximum Gasteiger partial charge on any atom is 0.340 e. The second kappa shape index (κ2) is 4.81. The van der Waals surface area contributed by atoms with E-state index in [2.05, 4.69) is 30.5 Å². The van der Waals surface area contributed by atoms with Gasteiger partial charge in [-0.05, 0) is 18.4 Å². The topological polar surface area (TPSA) is 99.4 Å². The highest BCUT2D eigenvalue weighted by Crippen LogP contribution is 2.24. The van der Waals surface area contributed by atoms with Gasteiger partial charge in [-0.2, -0.15) is 5.10 Å². The first kappa shape index (κ1) is 11.8. The molecule has 0 aliphatic rings. The van der Waals surface area contributed by atoms with Crippen molar-refractivity contribution in [3.63, 3.8) is 0 Å². The van der Waals surface area contributed by atoms with Gasteiger partial charge in [-0.1, -0.05) is 0 Å². The minimum Gasteiger partial charge on any atom is -0.369 e. The Morgan fingerprint density at radius 1 is 1.42 bits per heavy atom. The van der Waals surface area contributed by atoms with Gasteiger partial charge in [-0.3, -0.25) is 4.98 Å². The Balaban J connectivity index is 1.74. The fourth-order valence-corrected chi connectivity index (χ4v) is 2.63. The van der Waals surface area contributed by atoms with Gasteiger partial charge >= 0.3 is 5.69 Å². The SMILES string of the molecule is Cc1nc(NCCc2n[nH]c(=O)[nH]2)c2ccsc2n1. The molecule has 0 saturated heterocycles. The minimum absolute atomic E-state index is 0.284. The van der Waals surface area contributed by atoms with Crippen LogP contribution in [0.15, 0.2) is 16.2 Å². The number of nitrogens with zero attached hydrogens (tertiary/aromatic N) is 3. The van der Waals surface area contributed by atoms with Crippen LogP contribution < -0.4 is 11.0 Å². The van der Waals surface area contributed by atoms with E-state index in [0.29, 0.717) is 18.8 Å². The summed E-state index contributed by atoms with van der Waals surface area (Å²) in [4.78, 5) is 23.2. The molecule has 3 aromatic heterocycles. The van der Waals surface area contributed by atoms with E-state index in [1.54, 1.807) is 11.3 Å². The molecular formula is C11H12N6OS. The fraction of sp³-hybridized carbons (Fsp3) is 0.273. The molecule has 0 radical (unpaired) electrons. The zero-order chi connectivity index (χ0) is 13.2. The number of aryl methyl sites for hydroxylation is 1. The van der Waals surface area contributed by atoms with E-state index in [4.69, 9.17) is 0 Å². The van der Waals surface area contributed by atoms with Gasteiger partial charge in [0.1, 0.15) is 22.3 Å². The molecule has 3 N–H and O–H groups in total. The predicted molar refractivity (Wildman–Crippen MR) is 73.6 cm³/mol. The van der Waals surface area contributed by atoms with Crippen LogP contribution in [0.5, 0.6) is 0 Å². The van der Waals surface area contributed by atoms with Crippen molar-refractivity contribution in [1.29, 1.82) is 0 Å². The first-order valence-electron chi connectivity index (χ1n) is 5.81. The van der Waals surface area contributed by atoms with Gasteiger partial charge in [0.25, 0.3) is 0 Å². The van der Waals surface area contributed by atoms with E-state index < -0.39 is 0 Å². The molecular weight excluding hydrogens is 264 g/mol. The quantitative estimate of drug-likeness (QED) is 0.662. The highest BCUT2D eigenvalue weighted by atomic mass is 32.1. The van der Waals surface area contributed by atoms with Crippen molar-refractivity contribution in [2.75, 3.05) is 11.9 Å². The average Bonchev–Trinajstić information content (AvgIpc) is 2.98. The van der Waals surface area contributed by atoms with Crippen LogP contribution in [-0.2, 0) is 6.42 Å². The molecule has 3 rings (SSSR count). The zero-order valence-corrected chi connectivity index (χ0v) is 11.0. The molecule has 0 amide bonds. The Kier molecular flexibility index (Phi) is 3.00. The van der Waals surface area contributed by atoms with Gasteiger partial charge in [0.2, 0.25) is 0 Å². The molecule has 0 spiro atoms. The Morgan fingerprint density at radius 2 is 2.32 bits per heavy atom. The van der Waals surface area contributed by atoms with Gasteiger partial charge in [-0.25, -0.2) is 19.9 Å². The lowest BCUT2D eigenvalue weighted by molar-refractivity contribution is 0.896. The minimum atomic E-state index is -0.284.